The van der Waals surface area contributed by atoms with Crippen molar-refractivity contribution in [2.75, 3.05) is 13.7 Å². The summed E-state index contributed by atoms with van der Waals surface area (Å²) < 4.78 is 10.3. The first-order valence-electron chi connectivity index (χ1n) is 6.84. The minimum atomic E-state index is -0.150. The van der Waals surface area contributed by atoms with Crippen LogP contribution in [0.5, 0.6) is 0 Å². The molecule has 2 rings (SSSR count). The summed E-state index contributed by atoms with van der Waals surface area (Å²) in [5.41, 5.74) is 7.32. The van der Waals surface area contributed by atoms with Crippen LogP contribution in [0.2, 0.25) is 0 Å². The fourth-order valence-electron chi connectivity index (χ4n) is 2.05. The van der Waals surface area contributed by atoms with Gasteiger partial charge in [-0.25, -0.2) is 0 Å². The van der Waals surface area contributed by atoms with E-state index in [0.29, 0.717) is 18.3 Å². The number of aryl methyl sites for hydroxylation is 1. The second-order valence-electron chi connectivity index (χ2n) is 4.87. The van der Waals surface area contributed by atoms with E-state index in [1.165, 1.54) is 0 Å². The van der Waals surface area contributed by atoms with Gasteiger partial charge in [-0.2, -0.15) is 4.98 Å². The lowest BCUT2D eigenvalue weighted by atomic mass is 9.95. The second-order valence-corrected chi connectivity index (χ2v) is 4.87. The molecule has 1 aromatic heterocycles. The van der Waals surface area contributed by atoms with Crippen LogP contribution in [0.3, 0.4) is 0 Å². The Balaban J connectivity index is 2.00. The quantitative estimate of drug-likeness (QED) is 0.786. The molecule has 0 radical (unpaired) electrons. The van der Waals surface area contributed by atoms with Crippen molar-refractivity contribution in [1.82, 2.24) is 10.1 Å². The molecule has 2 N–H and O–H groups in total. The van der Waals surface area contributed by atoms with Crippen molar-refractivity contribution in [3.8, 4) is 0 Å². The second kappa shape index (κ2) is 7.17. The Kier molecular flexibility index (Phi) is 5.26. The molecule has 0 aliphatic rings. The van der Waals surface area contributed by atoms with E-state index in [0.717, 1.165) is 18.4 Å². The van der Waals surface area contributed by atoms with E-state index >= 15 is 0 Å². The number of methoxy groups -OCH3 is 1. The third-order valence-corrected chi connectivity index (χ3v) is 3.35. The molecule has 0 aliphatic heterocycles. The minimum absolute atomic E-state index is 0.0129. The van der Waals surface area contributed by atoms with Gasteiger partial charge in [0.1, 0.15) is 0 Å². The van der Waals surface area contributed by atoms with E-state index in [9.17, 15) is 0 Å². The topological polar surface area (TPSA) is 74.2 Å². The molecule has 2 aromatic rings. The van der Waals surface area contributed by atoms with E-state index in [1.54, 1.807) is 7.11 Å². The van der Waals surface area contributed by atoms with E-state index in [4.69, 9.17) is 15.0 Å². The Morgan fingerprint density at radius 1 is 1.30 bits per heavy atom. The summed E-state index contributed by atoms with van der Waals surface area (Å²) in [6.45, 7) is 2.70. The first-order chi connectivity index (χ1) is 9.72. The Bertz CT molecular complexity index is 513. The van der Waals surface area contributed by atoms with Gasteiger partial charge in [0.25, 0.3) is 0 Å². The first kappa shape index (κ1) is 14.7. The largest absolute Gasteiger partial charge is 0.385 e. The lowest BCUT2D eigenvalue weighted by Crippen LogP contribution is -2.17. The molecule has 0 bridgehead atoms. The standard InChI is InChI=1S/C15H21N3O2/c1-11(14(16)12-7-4-3-5-8-12)15-17-13(18-20-15)9-6-10-19-2/h3-5,7-8,11,14H,6,9-10,16H2,1-2H3. The molecular weight excluding hydrogens is 254 g/mol. The predicted octanol–water partition coefficient (Wildman–Crippen LogP) is 2.45. The molecule has 5 nitrogen and oxygen atoms in total. The van der Waals surface area contributed by atoms with Gasteiger partial charge < -0.3 is 15.0 Å². The summed E-state index contributed by atoms with van der Waals surface area (Å²) in [4.78, 5) is 4.42. The van der Waals surface area contributed by atoms with Gasteiger partial charge >= 0.3 is 0 Å². The van der Waals surface area contributed by atoms with Crippen molar-refractivity contribution in [2.24, 2.45) is 5.73 Å². The Morgan fingerprint density at radius 3 is 2.75 bits per heavy atom. The number of hydrogen-bond acceptors (Lipinski definition) is 5. The summed E-state index contributed by atoms with van der Waals surface area (Å²) >= 11 is 0. The van der Waals surface area contributed by atoms with Crippen LogP contribution in [0.4, 0.5) is 0 Å². The van der Waals surface area contributed by atoms with Crippen LogP contribution in [-0.4, -0.2) is 23.9 Å². The number of nitrogens with zero attached hydrogens (tertiary/aromatic N) is 2. The van der Waals surface area contributed by atoms with E-state index in [-0.39, 0.29) is 12.0 Å². The zero-order chi connectivity index (χ0) is 14.4. The molecular formula is C15H21N3O2. The summed E-state index contributed by atoms with van der Waals surface area (Å²) in [6.07, 6.45) is 1.64. The Morgan fingerprint density at radius 2 is 2.05 bits per heavy atom. The minimum Gasteiger partial charge on any atom is -0.385 e. The highest BCUT2D eigenvalue weighted by molar-refractivity contribution is 5.21. The summed E-state index contributed by atoms with van der Waals surface area (Å²) in [5.74, 6) is 1.29. The van der Waals surface area contributed by atoms with Gasteiger partial charge in [-0.05, 0) is 12.0 Å². The number of ether oxygens (including phenoxy) is 1. The Hall–Kier alpha value is -1.72. The monoisotopic (exact) mass is 275 g/mol. The SMILES string of the molecule is COCCCc1noc(C(C)C(N)c2ccccc2)n1. The van der Waals surface area contributed by atoms with Crippen LogP contribution in [0.15, 0.2) is 34.9 Å². The van der Waals surface area contributed by atoms with Crippen molar-refractivity contribution in [2.45, 2.75) is 31.7 Å². The highest BCUT2D eigenvalue weighted by atomic mass is 16.5. The average Bonchev–Trinajstić information content (AvgIpc) is 2.96. The average molecular weight is 275 g/mol. The van der Waals surface area contributed by atoms with Gasteiger partial charge in [0.05, 0.1) is 5.92 Å². The highest BCUT2D eigenvalue weighted by Gasteiger charge is 2.22. The summed E-state index contributed by atoms with van der Waals surface area (Å²) in [6, 6.07) is 9.80. The third-order valence-electron chi connectivity index (χ3n) is 3.35. The number of hydrogen-bond donors (Lipinski definition) is 1. The van der Waals surface area contributed by atoms with Crippen LogP contribution in [-0.2, 0) is 11.2 Å². The van der Waals surface area contributed by atoms with E-state index in [1.807, 2.05) is 37.3 Å². The smallest absolute Gasteiger partial charge is 0.231 e. The van der Waals surface area contributed by atoms with Gasteiger partial charge in [0.15, 0.2) is 5.82 Å². The molecule has 1 aromatic carbocycles. The molecule has 0 saturated carbocycles. The van der Waals surface area contributed by atoms with Crippen LogP contribution in [0.1, 0.15) is 42.6 Å². The van der Waals surface area contributed by atoms with Gasteiger partial charge in [0.2, 0.25) is 5.89 Å². The number of benzene rings is 1. The van der Waals surface area contributed by atoms with E-state index in [2.05, 4.69) is 10.1 Å². The number of nitrogens with two attached hydrogens (primary N) is 1. The Labute approximate surface area is 119 Å². The fraction of sp³-hybridized carbons (Fsp3) is 0.467. The van der Waals surface area contributed by atoms with Crippen molar-refractivity contribution in [1.29, 1.82) is 0 Å². The maximum absolute atomic E-state index is 6.25. The predicted molar refractivity (Wildman–Crippen MR) is 76.3 cm³/mol. The van der Waals surface area contributed by atoms with Gasteiger partial charge in [0, 0.05) is 26.2 Å². The molecule has 2 atom stereocenters. The lowest BCUT2D eigenvalue weighted by molar-refractivity contribution is 0.194. The zero-order valence-electron chi connectivity index (χ0n) is 12.0. The molecule has 0 fully saturated rings. The zero-order valence-corrected chi connectivity index (χ0v) is 12.0. The molecule has 5 heteroatoms. The normalized spacial score (nSPS) is 14.2. The van der Waals surface area contributed by atoms with Crippen LogP contribution in [0, 0.1) is 0 Å². The van der Waals surface area contributed by atoms with Crippen molar-refractivity contribution < 1.29 is 9.26 Å². The fourth-order valence-corrected chi connectivity index (χ4v) is 2.05. The van der Waals surface area contributed by atoms with Gasteiger partial charge in [-0.3, -0.25) is 0 Å². The molecule has 0 aliphatic carbocycles. The van der Waals surface area contributed by atoms with Gasteiger partial charge in [-0.1, -0.05) is 42.4 Å². The van der Waals surface area contributed by atoms with Crippen molar-refractivity contribution >= 4 is 0 Å². The van der Waals surface area contributed by atoms with Crippen LogP contribution in [0.25, 0.3) is 0 Å². The molecule has 0 saturated heterocycles. The number of aromatic nitrogens is 2. The molecule has 0 amide bonds. The molecule has 2 unspecified atom stereocenters. The molecule has 1 heterocycles. The highest BCUT2D eigenvalue weighted by Crippen LogP contribution is 2.27. The maximum Gasteiger partial charge on any atom is 0.231 e. The lowest BCUT2D eigenvalue weighted by Gasteiger charge is -2.16. The summed E-state index contributed by atoms with van der Waals surface area (Å²) in [7, 11) is 1.68. The van der Waals surface area contributed by atoms with Crippen molar-refractivity contribution in [3.05, 3.63) is 47.6 Å². The van der Waals surface area contributed by atoms with Crippen molar-refractivity contribution in [3.63, 3.8) is 0 Å². The maximum atomic E-state index is 6.25. The molecule has 108 valence electrons. The first-order valence-corrected chi connectivity index (χ1v) is 6.84. The van der Waals surface area contributed by atoms with Crippen LogP contribution < -0.4 is 5.73 Å². The van der Waals surface area contributed by atoms with Crippen LogP contribution >= 0.6 is 0 Å². The number of rotatable bonds is 7. The van der Waals surface area contributed by atoms with Gasteiger partial charge in [-0.15, -0.1) is 0 Å². The molecule has 0 spiro atoms. The summed E-state index contributed by atoms with van der Waals surface area (Å²) in [5, 5.41) is 3.99. The van der Waals surface area contributed by atoms with E-state index < -0.39 is 0 Å². The third kappa shape index (κ3) is 3.65. The molecule has 20 heavy (non-hydrogen) atoms.